The van der Waals surface area contributed by atoms with Crippen molar-refractivity contribution in [2.75, 3.05) is 13.1 Å². The molecular weight excluding hydrogens is 249 g/mol. The summed E-state index contributed by atoms with van der Waals surface area (Å²) in [4.78, 5) is 13.4. The third-order valence-corrected chi connectivity index (χ3v) is 2.98. The first-order chi connectivity index (χ1) is 6.70. The third kappa shape index (κ3) is 1.54. The van der Waals surface area contributed by atoms with E-state index in [1.165, 1.54) is 6.07 Å². The van der Waals surface area contributed by atoms with Crippen molar-refractivity contribution >= 4 is 21.8 Å². The minimum Gasteiger partial charge on any atom is -0.338 e. The Kier molecular flexibility index (Phi) is 2.54. The maximum absolute atomic E-state index is 13.3. The number of rotatable bonds is 1. The normalized spacial score (nSPS) is 15.1. The first-order valence-electron chi connectivity index (χ1n) is 4.43. The van der Waals surface area contributed by atoms with E-state index < -0.39 is 5.82 Å². The van der Waals surface area contributed by atoms with E-state index in [1.807, 2.05) is 0 Å². The van der Waals surface area contributed by atoms with Crippen LogP contribution in [0.15, 0.2) is 22.7 Å². The van der Waals surface area contributed by atoms with Crippen LogP contribution in [0.3, 0.4) is 0 Å². The number of halogens is 2. The zero-order valence-electron chi connectivity index (χ0n) is 7.46. The van der Waals surface area contributed by atoms with Crippen molar-refractivity contribution in [2.24, 2.45) is 0 Å². The highest BCUT2D eigenvalue weighted by Gasteiger charge is 2.25. The number of amides is 1. The van der Waals surface area contributed by atoms with Gasteiger partial charge in [-0.2, -0.15) is 0 Å². The van der Waals surface area contributed by atoms with Crippen molar-refractivity contribution in [3.05, 3.63) is 34.1 Å². The van der Waals surface area contributed by atoms with Crippen LogP contribution in [-0.4, -0.2) is 23.9 Å². The van der Waals surface area contributed by atoms with Crippen LogP contribution in [0.5, 0.6) is 0 Å². The molecule has 1 saturated heterocycles. The molecule has 0 saturated carbocycles. The Morgan fingerprint density at radius 2 is 2.14 bits per heavy atom. The van der Waals surface area contributed by atoms with Gasteiger partial charge in [0.05, 0.1) is 5.56 Å². The first-order valence-corrected chi connectivity index (χ1v) is 5.23. The topological polar surface area (TPSA) is 20.3 Å². The van der Waals surface area contributed by atoms with E-state index in [9.17, 15) is 9.18 Å². The van der Waals surface area contributed by atoms with Gasteiger partial charge in [0.25, 0.3) is 5.91 Å². The lowest BCUT2D eigenvalue weighted by molar-refractivity contribution is 0.0646. The van der Waals surface area contributed by atoms with Gasteiger partial charge in [0.15, 0.2) is 0 Å². The second-order valence-corrected chi connectivity index (χ2v) is 4.10. The number of carbonyl (C=O) groups excluding carboxylic acids is 1. The van der Waals surface area contributed by atoms with Crippen molar-refractivity contribution in [3.63, 3.8) is 0 Å². The van der Waals surface area contributed by atoms with E-state index in [2.05, 4.69) is 15.9 Å². The van der Waals surface area contributed by atoms with Crippen LogP contribution in [0.25, 0.3) is 0 Å². The highest BCUT2D eigenvalue weighted by molar-refractivity contribution is 9.10. The van der Waals surface area contributed by atoms with Gasteiger partial charge in [-0.15, -0.1) is 0 Å². The molecule has 0 aliphatic carbocycles. The van der Waals surface area contributed by atoms with Gasteiger partial charge in [-0.1, -0.05) is 6.07 Å². The summed E-state index contributed by atoms with van der Waals surface area (Å²) in [6.45, 7) is 1.47. The Hall–Kier alpha value is -0.900. The molecule has 0 radical (unpaired) electrons. The second-order valence-electron chi connectivity index (χ2n) is 3.24. The minimum atomic E-state index is -0.462. The van der Waals surface area contributed by atoms with Gasteiger partial charge in [0.2, 0.25) is 0 Å². The van der Waals surface area contributed by atoms with E-state index in [0.29, 0.717) is 4.47 Å². The summed E-state index contributed by atoms with van der Waals surface area (Å²) in [5, 5.41) is 0. The van der Waals surface area contributed by atoms with E-state index in [-0.39, 0.29) is 11.5 Å². The summed E-state index contributed by atoms with van der Waals surface area (Å²) >= 11 is 3.18. The molecule has 0 N–H and O–H groups in total. The summed E-state index contributed by atoms with van der Waals surface area (Å²) in [5.74, 6) is -0.683. The average Bonchev–Trinajstić information content (AvgIpc) is 2.00. The molecule has 1 aromatic carbocycles. The van der Waals surface area contributed by atoms with Gasteiger partial charge in [-0.05, 0) is 34.5 Å². The van der Waals surface area contributed by atoms with Gasteiger partial charge in [-0.3, -0.25) is 4.79 Å². The summed E-state index contributed by atoms with van der Waals surface area (Å²) in [6.07, 6.45) is 1.01. The summed E-state index contributed by atoms with van der Waals surface area (Å²) in [7, 11) is 0. The number of hydrogen-bond donors (Lipinski definition) is 0. The molecule has 2 nitrogen and oxygen atoms in total. The van der Waals surface area contributed by atoms with Crippen molar-refractivity contribution in [1.82, 2.24) is 4.90 Å². The fourth-order valence-electron chi connectivity index (χ4n) is 1.38. The first kappa shape index (κ1) is 9.65. The van der Waals surface area contributed by atoms with Crippen LogP contribution in [-0.2, 0) is 0 Å². The number of nitrogens with zero attached hydrogens (tertiary/aromatic N) is 1. The minimum absolute atomic E-state index is 0.146. The quantitative estimate of drug-likeness (QED) is 0.757. The zero-order valence-corrected chi connectivity index (χ0v) is 9.05. The van der Waals surface area contributed by atoms with Crippen LogP contribution in [0, 0.1) is 5.82 Å². The van der Waals surface area contributed by atoms with Crippen molar-refractivity contribution in [2.45, 2.75) is 6.42 Å². The van der Waals surface area contributed by atoms with E-state index in [0.717, 1.165) is 19.5 Å². The maximum atomic E-state index is 13.3. The van der Waals surface area contributed by atoms with E-state index >= 15 is 0 Å². The third-order valence-electron chi connectivity index (χ3n) is 2.32. The molecule has 4 heteroatoms. The SMILES string of the molecule is O=C(c1c(F)cccc1Br)N1CCC1. The highest BCUT2D eigenvalue weighted by atomic mass is 79.9. The summed E-state index contributed by atoms with van der Waals surface area (Å²) < 4.78 is 13.9. The molecular formula is C10H9BrFNO. The Morgan fingerprint density at radius 3 is 2.64 bits per heavy atom. The smallest absolute Gasteiger partial charge is 0.257 e. The largest absolute Gasteiger partial charge is 0.338 e. The highest BCUT2D eigenvalue weighted by Crippen LogP contribution is 2.23. The molecule has 74 valence electrons. The Labute approximate surface area is 89.8 Å². The molecule has 0 unspecified atom stereocenters. The molecule has 14 heavy (non-hydrogen) atoms. The number of carbonyl (C=O) groups is 1. The van der Waals surface area contributed by atoms with E-state index in [1.54, 1.807) is 17.0 Å². The van der Waals surface area contributed by atoms with Gasteiger partial charge in [0.1, 0.15) is 5.82 Å². The molecule has 1 heterocycles. The summed E-state index contributed by atoms with van der Waals surface area (Å²) in [6, 6.07) is 4.56. The van der Waals surface area contributed by atoms with Crippen LogP contribution in [0.1, 0.15) is 16.8 Å². The molecule has 0 aromatic heterocycles. The fraction of sp³-hybridized carbons (Fsp3) is 0.300. The molecule has 1 aliphatic heterocycles. The number of benzene rings is 1. The standard InChI is InChI=1S/C10H9BrFNO/c11-7-3-1-4-8(12)9(7)10(14)13-5-2-6-13/h1,3-4H,2,5-6H2. The van der Waals surface area contributed by atoms with Gasteiger partial charge in [-0.25, -0.2) is 4.39 Å². The molecule has 0 spiro atoms. The van der Waals surface area contributed by atoms with Crippen molar-refractivity contribution in [3.8, 4) is 0 Å². The van der Waals surface area contributed by atoms with Crippen LogP contribution >= 0.6 is 15.9 Å². The molecule has 1 aromatic rings. The number of likely N-dealkylation sites (tertiary alicyclic amines) is 1. The van der Waals surface area contributed by atoms with Crippen molar-refractivity contribution < 1.29 is 9.18 Å². The number of hydrogen-bond acceptors (Lipinski definition) is 1. The lowest BCUT2D eigenvalue weighted by atomic mass is 10.1. The Balaban J connectivity index is 2.34. The lowest BCUT2D eigenvalue weighted by Gasteiger charge is -2.31. The molecule has 2 rings (SSSR count). The lowest BCUT2D eigenvalue weighted by Crippen LogP contribution is -2.42. The van der Waals surface area contributed by atoms with E-state index in [4.69, 9.17) is 0 Å². The molecule has 1 amide bonds. The zero-order chi connectivity index (χ0) is 10.1. The average molecular weight is 258 g/mol. The monoisotopic (exact) mass is 257 g/mol. The molecule has 0 bridgehead atoms. The van der Waals surface area contributed by atoms with Crippen molar-refractivity contribution in [1.29, 1.82) is 0 Å². The Bertz CT molecular complexity index is 356. The van der Waals surface area contributed by atoms with Crippen LogP contribution in [0.4, 0.5) is 4.39 Å². The van der Waals surface area contributed by atoms with Crippen LogP contribution in [0.2, 0.25) is 0 Å². The van der Waals surface area contributed by atoms with Gasteiger partial charge in [0, 0.05) is 17.6 Å². The molecule has 0 atom stereocenters. The van der Waals surface area contributed by atoms with Gasteiger partial charge < -0.3 is 4.90 Å². The second kappa shape index (κ2) is 3.69. The molecule has 1 aliphatic rings. The fourth-order valence-corrected chi connectivity index (χ4v) is 1.89. The predicted molar refractivity (Wildman–Crippen MR) is 54.6 cm³/mol. The van der Waals surface area contributed by atoms with Crippen LogP contribution < -0.4 is 0 Å². The predicted octanol–water partition coefficient (Wildman–Crippen LogP) is 2.43. The molecule has 1 fully saturated rings. The summed E-state index contributed by atoms with van der Waals surface area (Å²) in [5.41, 5.74) is 0.146. The maximum Gasteiger partial charge on any atom is 0.257 e. The van der Waals surface area contributed by atoms with Gasteiger partial charge >= 0.3 is 0 Å². The Morgan fingerprint density at radius 1 is 1.43 bits per heavy atom.